The Bertz CT molecular complexity index is 333. The van der Waals surface area contributed by atoms with E-state index < -0.39 is 18.1 Å². The van der Waals surface area contributed by atoms with Crippen molar-refractivity contribution in [2.75, 3.05) is 13.6 Å². The molecule has 1 saturated carbocycles. The van der Waals surface area contributed by atoms with Gasteiger partial charge in [-0.3, -0.25) is 5.32 Å². The molecule has 110 valence electrons. The molecule has 0 aromatic rings. The van der Waals surface area contributed by atoms with Crippen LogP contribution in [-0.2, 0) is 0 Å². The van der Waals surface area contributed by atoms with E-state index in [2.05, 4.69) is 11.4 Å². The number of alkyl halides is 3. The molecule has 2 unspecified atom stereocenters. The average Bonchev–Trinajstić information content (AvgIpc) is 3.08. The van der Waals surface area contributed by atoms with Gasteiger partial charge >= 0.3 is 6.18 Å². The van der Waals surface area contributed by atoms with E-state index in [-0.39, 0.29) is 12.6 Å². The highest BCUT2D eigenvalue weighted by Gasteiger charge is 2.35. The molecule has 1 N–H and O–H groups in total. The van der Waals surface area contributed by atoms with Crippen LogP contribution in [-0.4, -0.2) is 42.3 Å². The molecule has 1 aliphatic rings. The van der Waals surface area contributed by atoms with Gasteiger partial charge in [0, 0.05) is 18.6 Å². The molecule has 3 nitrogen and oxygen atoms in total. The summed E-state index contributed by atoms with van der Waals surface area (Å²) in [6, 6.07) is 2.58. The molecule has 0 aromatic heterocycles. The van der Waals surface area contributed by atoms with E-state index >= 15 is 0 Å². The summed E-state index contributed by atoms with van der Waals surface area (Å²) in [4.78, 5) is 1.66. The van der Waals surface area contributed by atoms with Crippen LogP contribution in [0, 0.1) is 11.3 Å². The fraction of sp³-hybridized carbons (Fsp3) is 0.923. The zero-order chi connectivity index (χ0) is 14.7. The smallest absolute Gasteiger partial charge is 0.303 e. The Labute approximate surface area is 112 Å². The summed E-state index contributed by atoms with van der Waals surface area (Å²) in [6.07, 6.45) is -2.26. The highest BCUT2D eigenvalue weighted by atomic mass is 19.4. The third kappa shape index (κ3) is 6.26. The van der Waals surface area contributed by atoms with Gasteiger partial charge in [0.2, 0.25) is 0 Å². The summed E-state index contributed by atoms with van der Waals surface area (Å²) in [5.74, 6) is 0. The van der Waals surface area contributed by atoms with Crippen molar-refractivity contribution in [2.24, 2.45) is 0 Å². The highest BCUT2D eigenvalue weighted by molar-refractivity contribution is 5.08. The van der Waals surface area contributed by atoms with Crippen molar-refractivity contribution in [1.29, 1.82) is 5.26 Å². The van der Waals surface area contributed by atoms with Crippen LogP contribution in [0.15, 0.2) is 0 Å². The Morgan fingerprint density at radius 1 is 1.42 bits per heavy atom. The van der Waals surface area contributed by atoms with E-state index in [1.54, 1.807) is 11.9 Å². The summed E-state index contributed by atoms with van der Waals surface area (Å²) in [5.41, 5.74) is -0.660. The first kappa shape index (κ1) is 16.3. The third-order valence-corrected chi connectivity index (χ3v) is 3.55. The quantitative estimate of drug-likeness (QED) is 0.777. The van der Waals surface area contributed by atoms with Crippen molar-refractivity contribution < 1.29 is 13.2 Å². The first-order valence-electron chi connectivity index (χ1n) is 6.61. The van der Waals surface area contributed by atoms with Gasteiger partial charge in [-0.2, -0.15) is 18.4 Å². The summed E-state index contributed by atoms with van der Waals surface area (Å²) < 4.78 is 36.5. The first-order valence-corrected chi connectivity index (χ1v) is 6.61. The predicted molar refractivity (Wildman–Crippen MR) is 67.6 cm³/mol. The van der Waals surface area contributed by atoms with Gasteiger partial charge < -0.3 is 4.90 Å². The van der Waals surface area contributed by atoms with Crippen LogP contribution in [0.2, 0.25) is 0 Å². The molecule has 1 fully saturated rings. The number of halogens is 3. The van der Waals surface area contributed by atoms with E-state index in [9.17, 15) is 18.4 Å². The van der Waals surface area contributed by atoms with Crippen molar-refractivity contribution in [2.45, 2.75) is 63.3 Å². The number of nitrogens with one attached hydrogen (secondary N) is 1. The first-order chi connectivity index (χ1) is 8.65. The van der Waals surface area contributed by atoms with Crippen molar-refractivity contribution >= 4 is 0 Å². The Morgan fingerprint density at radius 2 is 2.00 bits per heavy atom. The molecule has 0 bridgehead atoms. The molecule has 0 aromatic carbocycles. The maximum atomic E-state index is 12.2. The lowest BCUT2D eigenvalue weighted by molar-refractivity contribution is -0.138. The third-order valence-electron chi connectivity index (χ3n) is 3.55. The van der Waals surface area contributed by atoms with Crippen molar-refractivity contribution in [3.63, 3.8) is 0 Å². The average molecular weight is 277 g/mol. The van der Waals surface area contributed by atoms with Gasteiger partial charge in [0.05, 0.1) is 12.5 Å². The van der Waals surface area contributed by atoms with E-state index in [0.29, 0.717) is 12.5 Å². The van der Waals surface area contributed by atoms with Gasteiger partial charge in [0.15, 0.2) is 0 Å². The number of hydrogen-bond acceptors (Lipinski definition) is 3. The molecule has 0 amide bonds. The number of nitriles is 1. The number of nitrogens with zero attached hydrogens (tertiary/aromatic N) is 2. The maximum Gasteiger partial charge on any atom is 0.390 e. The Hall–Kier alpha value is -0.800. The Morgan fingerprint density at radius 3 is 2.42 bits per heavy atom. The normalized spacial score (nSPS) is 20.9. The second-order valence-electron chi connectivity index (χ2n) is 5.76. The SMILES string of the molecule is CC(CC(C)(C#N)NC1CC1)N(C)CCC(F)(F)F. The maximum absolute atomic E-state index is 12.2. The van der Waals surface area contributed by atoms with Gasteiger partial charge in [-0.1, -0.05) is 0 Å². The van der Waals surface area contributed by atoms with Gasteiger partial charge in [-0.05, 0) is 40.2 Å². The zero-order valence-corrected chi connectivity index (χ0v) is 11.7. The minimum atomic E-state index is -4.13. The molecule has 1 rings (SSSR count). The second-order valence-corrected chi connectivity index (χ2v) is 5.76. The summed E-state index contributed by atoms with van der Waals surface area (Å²) in [7, 11) is 1.67. The van der Waals surface area contributed by atoms with Gasteiger partial charge in [0.25, 0.3) is 0 Å². The van der Waals surface area contributed by atoms with Gasteiger partial charge in [-0.15, -0.1) is 0 Å². The lowest BCUT2D eigenvalue weighted by Gasteiger charge is -2.32. The van der Waals surface area contributed by atoms with Crippen LogP contribution in [0.3, 0.4) is 0 Å². The molecule has 19 heavy (non-hydrogen) atoms. The Balaban J connectivity index is 2.42. The second kappa shape index (κ2) is 6.10. The summed E-state index contributed by atoms with van der Waals surface area (Å²) in [5, 5.41) is 12.5. The Kier molecular flexibility index (Phi) is 5.22. The molecule has 0 aliphatic heterocycles. The predicted octanol–water partition coefficient (Wildman–Crippen LogP) is 2.68. The van der Waals surface area contributed by atoms with E-state index in [1.165, 1.54) is 0 Å². The van der Waals surface area contributed by atoms with E-state index in [4.69, 9.17) is 0 Å². The van der Waals surface area contributed by atoms with E-state index in [1.807, 2.05) is 13.8 Å². The van der Waals surface area contributed by atoms with Crippen LogP contribution >= 0.6 is 0 Å². The van der Waals surface area contributed by atoms with Crippen molar-refractivity contribution in [1.82, 2.24) is 10.2 Å². The minimum absolute atomic E-state index is 0.0321. The lowest BCUT2D eigenvalue weighted by Crippen LogP contribution is -2.47. The molecule has 0 heterocycles. The fourth-order valence-electron chi connectivity index (χ4n) is 2.09. The van der Waals surface area contributed by atoms with Crippen LogP contribution in [0.25, 0.3) is 0 Å². The van der Waals surface area contributed by atoms with Crippen molar-refractivity contribution in [3.8, 4) is 6.07 Å². The van der Waals surface area contributed by atoms with Gasteiger partial charge in [-0.25, -0.2) is 0 Å². The molecule has 0 spiro atoms. The summed E-state index contributed by atoms with van der Waals surface area (Å²) in [6.45, 7) is 3.65. The lowest BCUT2D eigenvalue weighted by atomic mass is 9.94. The molecule has 0 radical (unpaired) electrons. The molecule has 6 heteroatoms. The number of hydrogen-bond donors (Lipinski definition) is 1. The standard InChI is InChI=1S/C13H22F3N3/c1-10(19(3)7-6-13(14,15)16)8-12(2,9-17)18-11-4-5-11/h10-11,18H,4-8H2,1-3H3. The topological polar surface area (TPSA) is 39.1 Å². The van der Waals surface area contributed by atoms with Crippen molar-refractivity contribution in [3.05, 3.63) is 0 Å². The molecular weight excluding hydrogens is 255 g/mol. The highest BCUT2D eigenvalue weighted by Crippen LogP contribution is 2.26. The monoisotopic (exact) mass is 277 g/mol. The van der Waals surface area contributed by atoms with Gasteiger partial charge in [0.1, 0.15) is 5.54 Å². The van der Waals surface area contributed by atoms with E-state index in [0.717, 1.165) is 12.8 Å². The van der Waals surface area contributed by atoms with Crippen LogP contribution < -0.4 is 5.32 Å². The fourth-order valence-corrected chi connectivity index (χ4v) is 2.09. The summed E-state index contributed by atoms with van der Waals surface area (Å²) >= 11 is 0. The van der Waals surface area contributed by atoms with Crippen LogP contribution in [0.4, 0.5) is 13.2 Å². The molecule has 2 atom stereocenters. The molecular formula is C13H22F3N3. The zero-order valence-electron chi connectivity index (χ0n) is 11.7. The van der Waals surface area contributed by atoms with Crippen LogP contribution in [0.5, 0.6) is 0 Å². The molecule has 1 aliphatic carbocycles. The minimum Gasteiger partial charge on any atom is -0.303 e. The largest absolute Gasteiger partial charge is 0.390 e. The van der Waals surface area contributed by atoms with Crippen LogP contribution in [0.1, 0.15) is 39.5 Å². The molecule has 0 saturated heterocycles. The number of rotatable bonds is 7.